The Bertz CT molecular complexity index is 911. The van der Waals surface area contributed by atoms with Crippen molar-refractivity contribution in [1.82, 2.24) is 4.98 Å². The Hall–Kier alpha value is -2.44. The molecule has 0 saturated heterocycles. The second kappa shape index (κ2) is 8.29. The Morgan fingerprint density at radius 3 is 2.69 bits per heavy atom. The highest BCUT2D eigenvalue weighted by atomic mass is 35.5. The molecule has 0 aliphatic heterocycles. The molecule has 7 heteroatoms. The summed E-state index contributed by atoms with van der Waals surface area (Å²) in [4.78, 5) is 16.8. The average Bonchev–Trinajstić information content (AvgIpc) is 3.06. The van der Waals surface area contributed by atoms with Crippen molar-refractivity contribution in [1.29, 1.82) is 0 Å². The van der Waals surface area contributed by atoms with Gasteiger partial charge in [-0.2, -0.15) is 0 Å². The molecule has 2 aromatic carbocycles. The van der Waals surface area contributed by atoms with E-state index in [0.717, 1.165) is 16.9 Å². The van der Waals surface area contributed by atoms with Crippen molar-refractivity contribution in [2.75, 3.05) is 6.61 Å². The van der Waals surface area contributed by atoms with Crippen LogP contribution in [0.25, 0.3) is 10.6 Å². The van der Waals surface area contributed by atoms with E-state index >= 15 is 0 Å². The van der Waals surface area contributed by atoms with Crippen LogP contribution in [0.3, 0.4) is 0 Å². The number of carbonyl (C=O) groups is 1. The van der Waals surface area contributed by atoms with Gasteiger partial charge in [0.2, 0.25) is 5.88 Å². The number of carbonyl (C=O) groups excluding carboxylic acids is 1. The first kappa shape index (κ1) is 18.4. The Labute approximate surface area is 159 Å². The third-order valence-electron chi connectivity index (χ3n) is 3.42. The number of ether oxygens (including phenoxy) is 2. The predicted molar refractivity (Wildman–Crippen MR) is 99.2 cm³/mol. The normalized spacial score (nSPS) is 10.6. The van der Waals surface area contributed by atoms with Crippen LogP contribution in [0.15, 0.2) is 48.5 Å². The lowest BCUT2D eigenvalue weighted by molar-refractivity contribution is 0.0526. The van der Waals surface area contributed by atoms with Gasteiger partial charge in [0.05, 0.1) is 6.61 Å². The maximum Gasteiger partial charge on any atom is 0.354 e. The van der Waals surface area contributed by atoms with E-state index in [9.17, 15) is 9.18 Å². The van der Waals surface area contributed by atoms with Gasteiger partial charge in [-0.1, -0.05) is 35.9 Å². The van der Waals surface area contributed by atoms with Crippen molar-refractivity contribution in [2.24, 2.45) is 0 Å². The minimum absolute atomic E-state index is 0.169. The Kier molecular flexibility index (Phi) is 5.85. The molecule has 0 spiro atoms. The van der Waals surface area contributed by atoms with Crippen LogP contribution in [0.2, 0.25) is 5.02 Å². The molecule has 134 valence electrons. The largest absolute Gasteiger partial charge is 0.472 e. The van der Waals surface area contributed by atoms with E-state index in [1.54, 1.807) is 31.2 Å². The van der Waals surface area contributed by atoms with Crippen molar-refractivity contribution in [3.8, 4) is 16.5 Å². The summed E-state index contributed by atoms with van der Waals surface area (Å²) in [6.07, 6.45) is 0. The molecule has 0 fully saturated rings. The molecule has 0 amide bonds. The minimum atomic E-state index is -0.515. The molecule has 3 aromatic rings. The highest BCUT2D eigenvalue weighted by Crippen LogP contribution is 2.33. The highest BCUT2D eigenvalue weighted by Gasteiger charge is 2.22. The highest BCUT2D eigenvalue weighted by molar-refractivity contribution is 7.17. The van der Waals surface area contributed by atoms with E-state index in [4.69, 9.17) is 21.1 Å². The maximum absolute atomic E-state index is 13.5. The first-order valence-electron chi connectivity index (χ1n) is 7.88. The van der Waals surface area contributed by atoms with Crippen LogP contribution < -0.4 is 4.74 Å². The van der Waals surface area contributed by atoms with Crippen LogP contribution in [0, 0.1) is 5.82 Å². The first-order valence-corrected chi connectivity index (χ1v) is 9.07. The predicted octanol–water partition coefficient (Wildman–Crippen LogP) is 5.36. The molecular formula is C19H15ClFNO3S. The summed E-state index contributed by atoms with van der Waals surface area (Å²) in [5.74, 6) is -0.722. The SMILES string of the molecule is CCOC(=O)c1sc(-c2cccc(F)c2)nc1OCc1ccc(Cl)cc1. The summed E-state index contributed by atoms with van der Waals surface area (Å²) >= 11 is 6.98. The summed E-state index contributed by atoms with van der Waals surface area (Å²) in [7, 11) is 0. The molecule has 0 saturated carbocycles. The van der Waals surface area contributed by atoms with Crippen LogP contribution in [0.5, 0.6) is 5.88 Å². The Balaban J connectivity index is 1.88. The monoisotopic (exact) mass is 391 g/mol. The van der Waals surface area contributed by atoms with Gasteiger partial charge >= 0.3 is 5.97 Å². The number of hydrogen-bond acceptors (Lipinski definition) is 5. The van der Waals surface area contributed by atoms with Gasteiger partial charge in [-0.25, -0.2) is 14.2 Å². The molecule has 0 radical (unpaired) electrons. The molecule has 4 nitrogen and oxygen atoms in total. The summed E-state index contributed by atoms with van der Waals surface area (Å²) < 4.78 is 24.3. The van der Waals surface area contributed by atoms with E-state index < -0.39 is 5.97 Å². The van der Waals surface area contributed by atoms with Crippen molar-refractivity contribution >= 4 is 28.9 Å². The number of halogens is 2. The number of rotatable bonds is 6. The van der Waals surface area contributed by atoms with Crippen molar-refractivity contribution in [2.45, 2.75) is 13.5 Å². The summed E-state index contributed by atoms with van der Waals surface area (Å²) in [6.45, 7) is 2.18. The number of thiazole rings is 1. The lowest BCUT2D eigenvalue weighted by Gasteiger charge is -2.05. The van der Waals surface area contributed by atoms with Crippen LogP contribution in [-0.4, -0.2) is 17.6 Å². The fourth-order valence-electron chi connectivity index (χ4n) is 2.21. The number of hydrogen-bond donors (Lipinski definition) is 0. The van der Waals surface area contributed by atoms with Crippen LogP contribution in [-0.2, 0) is 11.3 Å². The maximum atomic E-state index is 13.5. The molecule has 0 aliphatic rings. The molecule has 0 unspecified atom stereocenters. The van der Waals surface area contributed by atoms with E-state index in [2.05, 4.69) is 4.98 Å². The summed E-state index contributed by atoms with van der Waals surface area (Å²) in [5.41, 5.74) is 1.45. The summed E-state index contributed by atoms with van der Waals surface area (Å²) in [5, 5.41) is 1.11. The second-order valence-corrected chi connectivity index (χ2v) is 6.73. The molecular weight excluding hydrogens is 377 g/mol. The molecule has 3 rings (SSSR count). The average molecular weight is 392 g/mol. The van der Waals surface area contributed by atoms with E-state index in [1.807, 2.05) is 12.1 Å². The van der Waals surface area contributed by atoms with E-state index in [-0.39, 0.29) is 29.8 Å². The molecule has 26 heavy (non-hydrogen) atoms. The van der Waals surface area contributed by atoms with Crippen molar-refractivity contribution in [3.63, 3.8) is 0 Å². The number of esters is 1. The lowest BCUT2D eigenvalue weighted by atomic mass is 10.2. The quantitative estimate of drug-likeness (QED) is 0.531. The Morgan fingerprint density at radius 1 is 1.23 bits per heavy atom. The second-order valence-electron chi connectivity index (χ2n) is 5.30. The molecule has 0 atom stereocenters. The van der Waals surface area contributed by atoms with Crippen LogP contribution in [0.1, 0.15) is 22.2 Å². The van der Waals surface area contributed by atoms with E-state index in [0.29, 0.717) is 15.6 Å². The zero-order valence-corrected chi connectivity index (χ0v) is 15.4. The zero-order chi connectivity index (χ0) is 18.5. The van der Waals surface area contributed by atoms with Gasteiger partial charge in [0.25, 0.3) is 0 Å². The van der Waals surface area contributed by atoms with Gasteiger partial charge in [0, 0.05) is 10.6 Å². The summed E-state index contributed by atoms with van der Waals surface area (Å²) in [6, 6.07) is 13.2. The molecule has 1 aromatic heterocycles. The van der Waals surface area contributed by atoms with E-state index in [1.165, 1.54) is 12.1 Å². The lowest BCUT2D eigenvalue weighted by Crippen LogP contribution is -2.05. The third-order valence-corrected chi connectivity index (χ3v) is 4.74. The fourth-order valence-corrected chi connectivity index (χ4v) is 3.23. The van der Waals surface area contributed by atoms with Crippen LogP contribution in [0.4, 0.5) is 4.39 Å². The standard InChI is InChI=1S/C19H15ClFNO3S/c1-2-24-19(23)16-17(25-11-12-6-8-14(20)9-7-12)22-18(26-16)13-4-3-5-15(21)10-13/h3-10H,2,11H2,1H3. The Morgan fingerprint density at radius 2 is 2.00 bits per heavy atom. The van der Waals surface area contributed by atoms with Gasteiger partial charge < -0.3 is 9.47 Å². The zero-order valence-electron chi connectivity index (χ0n) is 13.9. The van der Waals surface area contributed by atoms with Gasteiger partial charge in [-0.3, -0.25) is 0 Å². The molecule has 0 aliphatic carbocycles. The topological polar surface area (TPSA) is 48.4 Å². The molecule has 1 heterocycles. The van der Waals surface area contributed by atoms with Gasteiger partial charge in [0.1, 0.15) is 17.4 Å². The third kappa shape index (κ3) is 4.39. The van der Waals surface area contributed by atoms with Gasteiger partial charge in [-0.15, -0.1) is 11.3 Å². The van der Waals surface area contributed by atoms with Gasteiger partial charge in [-0.05, 0) is 36.8 Å². The number of benzene rings is 2. The first-order chi connectivity index (χ1) is 12.6. The van der Waals surface area contributed by atoms with Gasteiger partial charge in [0.15, 0.2) is 4.88 Å². The number of nitrogens with zero attached hydrogens (tertiary/aromatic N) is 1. The van der Waals surface area contributed by atoms with Crippen molar-refractivity contribution in [3.05, 3.63) is 69.8 Å². The smallest absolute Gasteiger partial charge is 0.354 e. The molecule has 0 N–H and O–H groups in total. The minimum Gasteiger partial charge on any atom is -0.472 e. The fraction of sp³-hybridized carbons (Fsp3) is 0.158. The van der Waals surface area contributed by atoms with Crippen LogP contribution >= 0.6 is 22.9 Å². The number of aromatic nitrogens is 1. The van der Waals surface area contributed by atoms with Crippen molar-refractivity contribution < 1.29 is 18.7 Å². The molecule has 0 bridgehead atoms.